The minimum absolute atomic E-state index is 0.0873. The van der Waals surface area contributed by atoms with Gasteiger partial charge in [0, 0.05) is 31.2 Å². The van der Waals surface area contributed by atoms with E-state index in [0.29, 0.717) is 42.5 Å². The van der Waals surface area contributed by atoms with Crippen molar-refractivity contribution in [3.63, 3.8) is 0 Å². The average Bonchev–Trinajstić information content (AvgIpc) is 2.67. The normalized spacial score (nSPS) is 14.0. The molecule has 1 fully saturated rings. The van der Waals surface area contributed by atoms with Gasteiger partial charge in [-0.1, -0.05) is 11.6 Å². The fourth-order valence-electron chi connectivity index (χ4n) is 2.84. The van der Waals surface area contributed by atoms with Gasteiger partial charge in [0.15, 0.2) is 6.61 Å². The molecular weight excluding hydrogens is 357 g/mol. The predicted octanol–water partition coefficient (Wildman–Crippen LogP) is 3.08. The smallest absolute Gasteiger partial charge is 0.260 e. The van der Waals surface area contributed by atoms with Crippen molar-refractivity contribution in [2.45, 2.75) is 0 Å². The molecule has 1 aliphatic heterocycles. The summed E-state index contributed by atoms with van der Waals surface area (Å²) in [5.74, 6) is -0.0115. The highest BCUT2D eigenvalue weighted by Gasteiger charge is 2.23. The number of piperazine rings is 1. The summed E-state index contributed by atoms with van der Waals surface area (Å²) >= 11 is 5.94. The first kappa shape index (κ1) is 18.0. The van der Waals surface area contributed by atoms with Crippen LogP contribution in [0.1, 0.15) is 5.56 Å². The summed E-state index contributed by atoms with van der Waals surface area (Å²) in [5, 5.41) is 9.79. The molecule has 26 heavy (non-hydrogen) atoms. The highest BCUT2D eigenvalue weighted by atomic mass is 35.5. The summed E-state index contributed by atoms with van der Waals surface area (Å²) in [5.41, 5.74) is 1.35. The lowest BCUT2D eigenvalue weighted by atomic mass is 10.1. The van der Waals surface area contributed by atoms with Crippen LogP contribution in [0.25, 0.3) is 0 Å². The number of hydrogen-bond acceptors (Lipinski definition) is 4. The van der Waals surface area contributed by atoms with Crippen molar-refractivity contribution < 1.29 is 13.9 Å². The third-order valence-corrected chi connectivity index (χ3v) is 4.46. The molecule has 134 valence electrons. The zero-order chi connectivity index (χ0) is 18.5. The molecule has 0 N–H and O–H groups in total. The van der Waals surface area contributed by atoms with E-state index in [-0.39, 0.29) is 18.3 Å². The van der Waals surface area contributed by atoms with Crippen LogP contribution in [-0.4, -0.2) is 43.6 Å². The maximum Gasteiger partial charge on any atom is 0.260 e. The highest BCUT2D eigenvalue weighted by molar-refractivity contribution is 6.30. The summed E-state index contributed by atoms with van der Waals surface area (Å²) < 4.78 is 18.3. The number of ether oxygens (including phenoxy) is 1. The Hall–Kier alpha value is -2.78. The van der Waals surface area contributed by atoms with Crippen LogP contribution in [0.2, 0.25) is 5.02 Å². The Labute approximate surface area is 156 Å². The fraction of sp³-hybridized carbons (Fsp3) is 0.263. The molecule has 2 aromatic carbocycles. The molecule has 0 bridgehead atoms. The Morgan fingerprint density at radius 2 is 1.85 bits per heavy atom. The van der Waals surface area contributed by atoms with Gasteiger partial charge in [-0.3, -0.25) is 4.79 Å². The Bertz CT molecular complexity index is 828. The van der Waals surface area contributed by atoms with Crippen molar-refractivity contribution in [3.8, 4) is 11.8 Å². The molecule has 0 spiro atoms. The van der Waals surface area contributed by atoms with Crippen molar-refractivity contribution in [3.05, 3.63) is 58.9 Å². The standard InChI is InChI=1S/C19H17ClFN3O2/c20-15-1-6-18(14(11-15)12-22)23-7-9-24(10-8-23)19(25)13-26-17-4-2-16(21)3-5-17/h1-6,11H,7-10,13H2. The number of hydrogen-bond donors (Lipinski definition) is 0. The Kier molecular flexibility index (Phi) is 5.59. The summed E-state index contributed by atoms with van der Waals surface area (Å²) in [6.45, 7) is 2.24. The van der Waals surface area contributed by atoms with E-state index in [2.05, 4.69) is 11.0 Å². The third kappa shape index (κ3) is 4.24. The predicted molar refractivity (Wildman–Crippen MR) is 96.9 cm³/mol. The molecule has 1 aliphatic rings. The molecule has 0 unspecified atom stereocenters. The molecule has 0 aliphatic carbocycles. The lowest BCUT2D eigenvalue weighted by molar-refractivity contribution is -0.133. The maximum atomic E-state index is 12.9. The number of benzene rings is 2. The lowest BCUT2D eigenvalue weighted by Gasteiger charge is -2.36. The highest BCUT2D eigenvalue weighted by Crippen LogP contribution is 2.25. The van der Waals surface area contributed by atoms with Crippen LogP contribution in [-0.2, 0) is 4.79 Å². The van der Waals surface area contributed by atoms with Gasteiger partial charge in [0.05, 0.1) is 11.3 Å². The number of carbonyl (C=O) groups is 1. The average molecular weight is 374 g/mol. The fourth-order valence-corrected chi connectivity index (χ4v) is 3.01. The molecular formula is C19H17ClFN3O2. The monoisotopic (exact) mass is 373 g/mol. The Morgan fingerprint density at radius 1 is 1.15 bits per heavy atom. The summed E-state index contributed by atoms with van der Waals surface area (Å²) in [6, 6.07) is 12.9. The molecule has 1 saturated heterocycles. The zero-order valence-electron chi connectivity index (χ0n) is 14.0. The van der Waals surface area contributed by atoms with E-state index >= 15 is 0 Å². The van der Waals surface area contributed by atoms with Crippen LogP contribution < -0.4 is 9.64 Å². The van der Waals surface area contributed by atoms with Crippen LogP contribution in [0.3, 0.4) is 0 Å². The molecule has 3 rings (SSSR count). The molecule has 0 aromatic heterocycles. The van der Waals surface area contributed by atoms with Crippen LogP contribution in [0.15, 0.2) is 42.5 Å². The largest absolute Gasteiger partial charge is 0.484 e. The van der Waals surface area contributed by atoms with Crippen molar-refractivity contribution in [1.29, 1.82) is 5.26 Å². The van der Waals surface area contributed by atoms with E-state index in [9.17, 15) is 14.4 Å². The van der Waals surface area contributed by atoms with Gasteiger partial charge in [-0.05, 0) is 42.5 Å². The van der Waals surface area contributed by atoms with Crippen molar-refractivity contribution in [2.75, 3.05) is 37.7 Å². The van der Waals surface area contributed by atoms with Gasteiger partial charge < -0.3 is 14.5 Å². The number of anilines is 1. The first-order valence-corrected chi connectivity index (χ1v) is 8.55. The first-order chi connectivity index (χ1) is 12.6. The minimum atomic E-state index is -0.348. The summed E-state index contributed by atoms with van der Waals surface area (Å²) in [6.07, 6.45) is 0. The Balaban J connectivity index is 1.54. The molecule has 0 atom stereocenters. The molecule has 5 nitrogen and oxygen atoms in total. The second-order valence-corrected chi connectivity index (χ2v) is 6.32. The number of halogens is 2. The van der Waals surface area contributed by atoms with E-state index in [1.807, 2.05) is 6.07 Å². The number of carbonyl (C=O) groups excluding carboxylic acids is 1. The first-order valence-electron chi connectivity index (χ1n) is 8.17. The van der Waals surface area contributed by atoms with Crippen LogP contribution in [0.5, 0.6) is 5.75 Å². The van der Waals surface area contributed by atoms with Crippen LogP contribution >= 0.6 is 11.6 Å². The van der Waals surface area contributed by atoms with E-state index in [0.717, 1.165) is 5.69 Å². The zero-order valence-corrected chi connectivity index (χ0v) is 14.7. The number of nitriles is 1. The van der Waals surface area contributed by atoms with Gasteiger partial charge in [0.25, 0.3) is 5.91 Å². The Morgan fingerprint density at radius 3 is 2.50 bits per heavy atom. The molecule has 1 amide bonds. The van der Waals surface area contributed by atoms with Crippen molar-refractivity contribution >= 4 is 23.2 Å². The van der Waals surface area contributed by atoms with Gasteiger partial charge in [-0.15, -0.1) is 0 Å². The number of rotatable bonds is 4. The van der Waals surface area contributed by atoms with Gasteiger partial charge in [-0.2, -0.15) is 5.26 Å². The van der Waals surface area contributed by atoms with Gasteiger partial charge in [-0.25, -0.2) is 4.39 Å². The molecule has 0 saturated carbocycles. The minimum Gasteiger partial charge on any atom is -0.484 e. The summed E-state index contributed by atoms with van der Waals surface area (Å²) in [7, 11) is 0. The molecule has 2 aromatic rings. The van der Waals surface area contributed by atoms with E-state index < -0.39 is 0 Å². The second-order valence-electron chi connectivity index (χ2n) is 5.88. The van der Waals surface area contributed by atoms with E-state index in [1.165, 1.54) is 24.3 Å². The lowest BCUT2D eigenvalue weighted by Crippen LogP contribution is -2.50. The van der Waals surface area contributed by atoms with Crippen molar-refractivity contribution in [1.82, 2.24) is 4.90 Å². The number of amides is 1. The van der Waals surface area contributed by atoms with Crippen LogP contribution in [0.4, 0.5) is 10.1 Å². The van der Waals surface area contributed by atoms with Gasteiger partial charge in [0.2, 0.25) is 0 Å². The number of nitrogens with zero attached hydrogens (tertiary/aromatic N) is 3. The SMILES string of the molecule is N#Cc1cc(Cl)ccc1N1CCN(C(=O)COc2ccc(F)cc2)CC1. The quantitative estimate of drug-likeness (QED) is 0.826. The third-order valence-electron chi connectivity index (χ3n) is 4.23. The van der Waals surface area contributed by atoms with E-state index in [1.54, 1.807) is 17.0 Å². The molecule has 1 heterocycles. The topological polar surface area (TPSA) is 56.6 Å². The molecule has 0 radical (unpaired) electrons. The van der Waals surface area contributed by atoms with E-state index in [4.69, 9.17) is 16.3 Å². The van der Waals surface area contributed by atoms with Crippen molar-refractivity contribution in [2.24, 2.45) is 0 Å². The van der Waals surface area contributed by atoms with Crippen LogP contribution in [0, 0.1) is 17.1 Å². The second kappa shape index (κ2) is 8.07. The molecule has 7 heteroatoms. The van der Waals surface area contributed by atoms with Gasteiger partial charge in [0.1, 0.15) is 17.6 Å². The van der Waals surface area contributed by atoms with Gasteiger partial charge >= 0.3 is 0 Å². The maximum absolute atomic E-state index is 12.9. The summed E-state index contributed by atoms with van der Waals surface area (Å²) in [4.78, 5) is 16.1.